The minimum Gasteiger partial charge on any atom is -0.369 e. The summed E-state index contributed by atoms with van der Waals surface area (Å²) in [6.07, 6.45) is -0.610. The third-order valence-corrected chi connectivity index (χ3v) is 8.99. The maximum Gasteiger partial charge on any atom is 0.264 e. The highest BCUT2D eigenvalue weighted by molar-refractivity contribution is 7.90. The minimum absolute atomic E-state index is 0.0109. The largest absolute Gasteiger partial charge is 0.369 e. The number of carbonyl (C=O) groups excluding carboxylic acids is 1. The van der Waals surface area contributed by atoms with Crippen molar-refractivity contribution in [2.24, 2.45) is 5.92 Å². The molecule has 4 rings (SSSR count). The molecule has 0 aromatic carbocycles. The number of thiophene rings is 1. The summed E-state index contributed by atoms with van der Waals surface area (Å²) >= 11 is 1.44. The summed E-state index contributed by atoms with van der Waals surface area (Å²) in [5, 5.41) is 1.45. The third kappa shape index (κ3) is 2.99. The lowest BCUT2D eigenvalue weighted by Gasteiger charge is -2.34. The summed E-state index contributed by atoms with van der Waals surface area (Å²) in [6, 6.07) is 1.89. The summed E-state index contributed by atoms with van der Waals surface area (Å²) in [4.78, 5) is 17.3. The Bertz CT molecular complexity index is 807. The predicted molar refractivity (Wildman–Crippen MR) is 99.9 cm³/mol. The van der Waals surface area contributed by atoms with Crippen molar-refractivity contribution in [2.75, 3.05) is 46.8 Å². The van der Waals surface area contributed by atoms with Gasteiger partial charge in [-0.05, 0) is 38.0 Å². The van der Waals surface area contributed by atoms with Gasteiger partial charge in [0.25, 0.3) is 5.91 Å². The van der Waals surface area contributed by atoms with Gasteiger partial charge in [-0.15, -0.1) is 11.3 Å². The first-order valence-electron chi connectivity index (χ1n) is 8.91. The molecule has 0 spiro atoms. The number of likely N-dealkylation sites (tertiary alicyclic amines) is 1. The average Bonchev–Trinajstić information content (AvgIpc) is 3.19. The van der Waals surface area contributed by atoms with Crippen LogP contribution in [-0.2, 0) is 14.8 Å². The van der Waals surface area contributed by atoms with Gasteiger partial charge in [0.15, 0.2) is 0 Å². The molecule has 0 radical (unpaired) electrons. The molecule has 26 heavy (non-hydrogen) atoms. The smallest absolute Gasteiger partial charge is 0.264 e. The summed E-state index contributed by atoms with van der Waals surface area (Å²) in [6.45, 7) is 4.52. The van der Waals surface area contributed by atoms with Crippen molar-refractivity contribution in [3.05, 3.63) is 21.9 Å². The molecular formula is C17H25N3O4S2. The van der Waals surface area contributed by atoms with Crippen LogP contribution in [0.5, 0.6) is 0 Å². The van der Waals surface area contributed by atoms with E-state index in [2.05, 4.69) is 0 Å². The second-order valence-electron chi connectivity index (χ2n) is 7.75. The number of hydrogen-bond donors (Lipinski definition) is 0. The molecule has 2 bridgehead atoms. The molecule has 0 aliphatic carbocycles. The molecule has 9 heteroatoms. The van der Waals surface area contributed by atoms with E-state index in [9.17, 15) is 13.2 Å². The van der Waals surface area contributed by atoms with Gasteiger partial charge >= 0.3 is 0 Å². The lowest BCUT2D eigenvalue weighted by Crippen LogP contribution is -2.50. The Hall–Kier alpha value is -1.00. The van der Waals surface area contributed by atoms with Crippen molar-refractivity contribution >= 4 is 27.3 Å². The third-order valence-electron chi connectivity index (χ3n) is 5.56. The number of morpholine rings is 1. The summed E-state index contributed by atoms with van der Waals surface area (Å²) < 4.78 is 33.6. The Labute approximate surface area is 158 Å². The van der Waals surface area contributed by atoms with Crippen molar-refractivity contribution in [3.63, 3.8) is 0 Å². The van der Waals surface area contributed by atoms with Crippen molar-refractivity contribution in [1.82, 2.24) is 14.1 Å². The Kier molecular flexibility index (Phi) is 4.63. The summed E-state index contributed by atoms with van der Waals surface area (Å²) in [7, 11) is 0.505. The molecule has 3 aliphatic heterocycles. The van der Waals surface area contributed by atoms with Crippen LogP contribution < -0.4 is 0 Å². The fraction of sp³-hybridized carbons (Fsp3) is 0.706. The van der Waals surface area contributed by atoms with Gasteiger partial charge in [-0.25, -0.2) is 8.42 Å². The van der Waals surface area contributed by atoms with Crippen LogP contribution in [0.25, 0.3) is 0 Å². The number of fused-ring (bicyclic) bond motifs is 5. The van der Waals surface area contributed by atoms with E-state index in [1.807, 2.05) is 37.4 Å². The Morgan fingerprint density at radius 3 is 2.69 bits per heavy atom. The molecule has 4 atom stereocenters. The standard InChI is InChI=1S/C17H25N3O4S2/c1-11-6-15(25-10-11)17(21)19-8-13-12-7-20(5-4-18(2)3)26(22,23)16(12)14(9-19)24-13/h6,10,12-14,16H,4-5,7-9H2,1-3H3. The number of amides is 1. The van der Waals surface area contributed by atoms with Crippen LogP contribution in [0.3, 0.4) is 0 Å². The predicted octanol–water partition coefficient (Wildman–Crippen LogP) is 0.472. The van der Waals surface area contributed by atoms with E-state index in [1.165, 1.54) is 11.3 Å². The molecule has 3 fully saturated rings. The quantitative estimate of drug-likeness (QED) is 0.736. The van der Waals surface area contributed by atoms with Gasteiger partial charge in [0.2, 0.25) is 10.0 Å². The highest BCUT2D eigenvalue weighted by atomic mass is 32.2. The SMILES string of the molecule is Cc1csc(C(=O)N2CC3OC(C2)C2C3CN(CCN(C)C)S2(=O)=O)c1. The highest BCUT2D eigenvalue weighted by Gasteiger charge is 2.61. The molecular weight excluding hydrogens is 374 g/mol. The first kappa shape index (κ1) is 18.4. The van der Waals surface area contributed by atoms with Gasteiger partial charge in [0, 0.05) is 38.6 Å². The van der Waals surface area contributed by atoms with E-state index in [0.29, 0.717) is 37.6 Å². The number of ether oxygens (including phenoxy) is 1. The maximum absolute atomic E-state index is 13.0. The molecule has 1 aromatic heterocycles. The first-order chi connectivity index (χ1) is 12.3. The van der Waals surface area contributed by atoms with E-state index in [4.69, 9.17) is 4.74 Å². The van der Waals surface area contributed by atoms with Gasteiger partial charge < -0.3 is 14.5 Å². The molecule has 0 N–H and O–H groups in total. The fourth-order valence-electron chi connectivity index (χ4n) is 4.26. The molecule has 144 valence electrons. The molecule has 0 saturated carbocycles. The number of hydrogen-bond acceptors (Lipinski definition) is 6. The van der Waals surface area contributed by atoms with Crippen LogP contribution in [0, 0.1) is 12.8 Å². The van der Waals surface area contributed by atoms with Crippen molar-refractivity contribution in [1.29, 1.82) is 0 Å². The Balaban J connectivity index is 1.51. The van der Waals surface area contributed by atoms with Crippen LogP contribution in [0.2, 0.25) is 0 Å². The average molecular weight is 400 g/mol. The number of sulfonamides is 1. The van der Waals surface area contributed by atoms with E-state index in [1.54, 1.807) is 9.21 Å². The molecule has 3 saturated heterocycles. The molecule has 4 heterocycles. The van der Waals surface area contributed by atoms with Crippen LogP contribution >= 0.6 is 11.3 Å². The summed E-state index contributed by atoms with van der Waals surface area (Å²) in [5.41, 5.74) is 1.07. The number of aryl methyl sites for hydroxylation is 1. The van der Waals surface area contributed by atoms with Crippen LogP contribution in [0.1, 0.15) is 15.2 Å². The van der Waals surface area contributed by atoms with Gasteiger partial charge in [0.05, 0.1) is 17.1 Å². The summed E-state index contributed by atoms with van der Waals surface area (Å²) in [5.74, 6) is -0.0572. The van der Waals surface area contributed by atoms with Crippen molar-refractivity contribution in [3.8, 4) is 0 Å². The number of rotatable bonds is 4. The van der Waals surface area contributed by atoms with Gasteiger partial charge in [-0.1, -0.05) is 0 Å². The lowest BCUT2D eigenvalue weighted by molar-refractivity contribution is -0.0398. The molecule has 7 nitrogen and oxygen atoms in total. The normalized spacial score (nSPS) is 33.0. The van der Waals surface area contributed by atoms with Crippen LogP contribution in [0.4, 0.5) is 0 Å². The van der Waals surface area contributed by atoms with Crippen molar-refractivity contribution in [2.45, 2.75) is 24.4 Å². The van der Waals surface area contributed by atoms with Gasteiger partial charge in [-0.3, -0.25) is 4.79 Å². The van der Waals surface area contributed by atoms with Crippen LogP contribution in [-0.4, -0.2) is 92.7 Å². The number of likely N-dealkylation sites (N-methyl/N-ethyl adjacent to an activating group) is 1. The Morgan fingerprint density at radius 1 is 1.31 bits per heavy atom. The second-order valence-corrected chi connectivity index (χ2v) is 10.7. The molecule has 4 unspecified atom stereocenters. The van der Waals surface area contributed by atoms with Crippen molar-refractivity contribution < 1.29 is 17.9 Å². The second kappa shape index (κ2) is 6.56. The molecule has 1 aromatic rings. The monoisotopic (exact) mass is 399 g/mol. The van der Waals surface area contributed by atoms with Crippen LogP contribution in [0.15, 0.2) is 11.4 Å². The Morgan fingerprint density at radius 2 is 2.04 bits per heavy atom. The van der Waals surface area contributed by atoms with E-state index in [0.717, 1.165) is 5.56 Å². The zero-order valence-electron chi connectivity index (χ0n) is 15.3. The van der Waals surface area contributed by atoms with Gasteiger partial charge in [0.1, 0.15) is 5.25 Å². The topological polar surface area (TPSA) is 70.2 Å². The van der Waals surface area contributed by atoms with E-state index < -0.39 is 21.4 Å². The lowest BCUT2D eigenvalue weighted by atomic mass is 10.00. The minimum atomic E-state index is -3.38. The molecule has 1 amide bonds. The van der Waals surface area contributed by atoms with E-state index >= 15 is 0 Å². The van der Waals surface area contributed by atoms with E-state index in [-0.39, 0.29) is 17.9 Å². The first-order valence-corrected chi connectivity index (χ1v) is 11.3. The maximum atomic E-state index is 13.0. The fourth-order valence-corrected chi connectivity index (χ4v) is 7.43. The molecule has 3 aliphatic rings. The number of nitrogens with zero attached hydrogens (tertiary/aromatic N) is 3. The zero-order chi connectivity index (χ0) is 18.6. The zero-order valence-corrected chi connectivity index (χ0v) is 16.9. The highest BCUT2D eigenvalue weighted by Crippen LogP contribution is 2.43. The van der Waals surface area contributed by atoms with Gasteiger partial charge in [-0.2, -0.15) is 4.31 Å². The number of carbonyl (C=O) groups is 1.